The molecule has 3 rings (SSSR count). The lowest BCUT2D eigenvalue weighted by Gasteiger charge is -2.45. The fraction of sp³-hybridized carbons (Fsp3) is 0.824. The van der Waals surface area contributed by atoms with Crippen molar-refractivity contribution in [1.29, 1.82) is 0 Å². The van der Waals surface area contributed by atoms with E-state index in [1.165, 1.54) is 38.2 Å². The van der Waals surface area contributed by atoms with E-state index in [-0.39, 0.29) is 5.97 Å². The standard InChI is InChI=1S/C17H26O2/c1-12(18)19-11-13-6-9-15(2)10-14(13)16(3)7-5-8-17(15,16)4/h6,14H,5,7-11H2,1-4H3/t14?,15-,16+,17-/m1/s1. The summed E-state index contributed by atoms with van der Waals surface area (Å²) >= 11 is 0. The molecule has 0 heterocycles. The Kier molecular flexibility index (Phi) is 2.69. The van der Waals surface area contributed by atoms with Crippen molar-refractivity contribution in [2.45, 2.75) is 59.8 Å². The van der Waals surface area contributed by atoms with Crippen LogP contribution in [-0.2, 0) is 9.53 Å². The summed E-state index contributed by atoms with van der Waals surface area (Å²) in [6, 6.07) is 0. The van der Waals surface area contributed by atoms with Crippen molar-refractivity contribution in [3.05, 3.63) is 11.6 Å². The number of esters is 1. The van der Waals surface area contributed by atoms with Crippen molar-refractivity contribution in [2.75, 3.05) is 6.61 Å². The van der Waals surface area contributed by atoms with E-state index in [0.29, 0.717) is 28.8 Å². The van der Waals surface area contributed by atoms with Gasteiger partial charge in [-0.2, -0.15) is 0 Å². The van der Waals surface area contributed by atoms with Gasteiger partial charge >= 0.3 is 5.97 Å². The molecule has 0 aromatic heterocycles. The normalized spacial score (nSPS) is 47.8. The first kappa shape index (κ1) is 13.2. The highest BCUT2D eigenvalue weighted by Gasteiger charge is 2.68. The molecule has 2 fully saturated rings. The maximum absolute atomic E-state index is 11.1. The Morgan fingerprint density at radius 2 is 2.11 bits per heavy atom. The van der Waals surface area contributed by atoms with E-state index in [1.54, 1.807) is 0 Å². The molecule has 0 radical (unpaired) electrons. The van der Waals surface area contributed by atoms with E-state index in [2.05, 4.69) is 26.8 Å². The van der Waals surface area contributed by atoms with Gasteiger partial charge in [-0.1, -0.05) is 33.3 Å². The van der Waals surface area contributed by atoms with Crippen LogP contribution in [0.4, 0.5) is 0 Å². The van der Waals surface area contributed by atoms with Crippen molar-refractivity contribution in [3.8, 4) is 0 Å². The van der Waals surface area contributed by atoms with Gasteiger partial charge in [-0.3, -0.25) is 4.79 Å². The number of allylic oxidation sites excluding steroid dienone is 1. The highest BCUT2D eigenvalue weighted by molar-refractivity contribution is 5.66. The molecular formula is C17H26O2. The Morgan fingerprint density at radius 3 is 2.79 bits per heavy atom. The summed E-state index contributed by atoms with van der Waals surface area (Å²) in [7, 11) is 0. The Labute approximate surface area is 116 Å². The second-order valence-electron chi connectivity index (χ2n) is 7.68. The number of fused-ring (bicyclic) bond motifs is 5. The topological polar surface area (TPSA) is 26.3 Å². The molecule has 0 spiro atoms. The molecule has 2 nitrogen and oxygen atoms in total. The number of ether oxygens (including phenoxy) is 1. The summed E-state index contributed by atoms with van der Waals surface area (Å²) in [4.78, 5) is 11.1. The van der Waals surface area contributed by atoms with Gasteiger partial charge in [-0.25, -0.2) is 0 Å². The molecule has 3 aliphatic rings. The highest BCUT2D eigenvalue weighted by Crippen LogP contribution is 2.76. The van der Waals surface area contributed by atoms with Gasteiger partial charge in [0.05, 0.1) is 0 Å². The lowest BCUT2D eigenvalue weighted by Crippen LogP contribution is -2.39. The first-order valence-corrected chi connectivity index (χ1v) is 7.65. The summed E-state index contributed by atoms with van der Waals surface area (Å²) in [5.41, 5.74) is 2.70. The van der Waals surface area contributed by atoms with Crippen molar-refractivity contribution in [3.63, 3.8) is 0 Å². The van der Waals surface area contributed by atoms with Crippen LogP contribution >= 0.6 is 0 Å². The lowest BCUT2D eigenvalue weighted by molar-refractivity contribution is -0.140. The molecule has 106 valence electrons. The third-order valence-corrected chi connectivity index (χ3v) is 7.09. The molecule has 0 N–H and O–H groups in total. The molecular weight excluding hydrogens is 236 g/mol. The van der Waals surface area contributed by atoms with Crippen LogP contribution in [0.25, 0.3) is 0 Å². The zero-order valence-electron chi connectivity index (χ0n) is 12.7. The maximum atomic E-state index is 11.1. The minimum absolute atomic E-state index is 0.161. The average molecular weight is 262 g/mol. The lowest BCUT2D eigenvalue weighted by atomic mass is 9.59. The molecule has 0 aliphatic heterocycles. The Morgan fingerprint density at radius 1 is 1.37 bits per heavy atom. The van der Waals surface area contributed by atoms with Crippen molar-refractivity contribution in [1.82, 2.24) is 0 Å². The van der Waals surface area contributed by atoms with E-state index < -0.39 is 0 Å². The predicted octanol–water partition coefficient (Wildman–Crippen LogP) is 4.10. The third-order valence-electron chi connectivity index (χ3n) is 7.09. The van der Waals surface area contributed by atoms with E-state index in [4.69, 9.17) is 4.74 Å². The van der Waals surface area contributed by atoms with Crippen LogP contribution in [0.5, 0.6) is 0 Å². The van der Waals surface area contributed by atoms with E-state index in [0.717, 1.165) is 6.42 Å². The van der Waals surface area contributed by atoms with Crippen molar-refractivity contribution < 1.29 is 9.53 Å². The second kappa shape index (κ2) is 3.86. The van der Waals surface area contributed by atoms with Gasteiger partial charge in [0.25, 0.3) is 0 Å². The van der Waals surface area contributed by atoms with E-state index in [1.807, 2.05) is 0 Å². The fourth-order valence-electron chi connectivity index (χ4n) is 5.51. The van der Waals surface area contributed by atoms with Crippen LogP contribution in [0, 0.1) is 22.2 Å². The Balaban J connectivity index is 1.93. The molecule has 2 bridgehead atoms. The van der Waals surface area contributed by atoms with Crippen LogP contribution in [0.3, 0.4) is 0 Å². The van der Waals surface area contributed by atoms with Crippen LogP contribution in [0.15, 0.2) is 11.6 Å². The summed E-state index contributed by atoms with van der Waals surface area (Å²) in [5.74, 6) is 0.463. The number of carbonyl (C=O) groups excluding carboxylic acids is 1. The molecule has 0 saturated heterocycles. The van der Waals surface area contributed by atoms with Crippen molar-refractivity contribution >= 4 is 5.97 Å². The van der Waals surface area contributed by atoms with Gasteiger partial charge in [0.2, 0.25) is 0 Å². The smallest absolute Gasteiger partial charge is 0.302 e. The molecule has 0 amide bonds. The zero-order chi connectivity index (χ0) is 13.9. The molecule has 19 heavy (non-hydrogen) atoms. The molecule has 0 aromatic carbocycles. The minimum atomic E-state index is -0.161. The number of hydrogen-bond acceptors (Lipinski definition) is 2. The quantitative estimate of drug-likeness (QED) is 0.553. The van der Waals surface area contributed by atoms with Crippen LogP contribution in [0.2, 0.25) is 0 Å². The monoisotopic (exact) mass is 262 g/mol. The number of rotatable bonds is 2. The number of hydrogen-bond donors (Lipinski definition) is 0. The summed E-state index contributed by atoms with van der Waals surface area (Å²) < 4.78 is 5.28. The van der Waals surface area contributed by atoms with Crippen LogP contribution in [0.1, 0.15) is 59.8 Å². The van der Waals surface area contributed by atoms with Gasteiger partial charge in [0.15, 0.2) is 0 Å². The first-order chi connectivity index (χ1) is 8.82. The fourth-order valence-corrected chi connectivity index (χ4v) is 5.51. The highest BCUT2D eigenvalue weighted by atomic mass is 16.5. The van der Waals surface area contributed by atoms with Crippen LogP contribution < -0.4 is 0 Å². The Hall–Kier alpha value is -0.790. The molecule has 4 atom stereocenters. The Bertz CT molecular complexity index is 452. The molecule has 2 heteroatoms. The van der Waals surface area contributed by atoms with E-state index in [9.17, 15) is 4.79 Å². The second-order valence-corrected chi connectivity index (χ2v) is 7.68. The maximum Gasteiger partial charge on any atom is 0.302 e. The summed E-state index contributed by atoms with van der Waals surface area (Å²) in [5, 5.41) is 0. The number of carbonyl (C=O) groups is 1. The van der Waals surface area contributed by atoms with Gasteiger partial charge < -0.3 is 4.74 Å². The zero-order valence-corrected chi connectivity index (χ0v) is 12.7. The van der Waals surface area contributed by atoms with Gasteiger partial charge in [-0.05, 0) is 53.4 Å². The SMILES string of the molecule is CC(=O)OCC1=CC[C@]2(C)CC1[C@]1(C)CCC[C@]21C. The van der Waals surface area contributed by atoms with Crippen LogP contribution in [-0.4, -0.2) is 12.6 Å². The van der Waals surface area contributed by atoms with Gasteiger partial charge in [0.1, 0.15) is 6.61 Å². The molecule has 2 saturated carbocycles. The molecule has 3 aliphatic carbocycles. The summed E-state index contributed by atoms with van der Waals surface area (Å²) in [6.45, 7) is 9.51. The summed E-state index contributed by atoms with van der Waals surface area (Å²) in [6.07, 6.45) is 8.89. The largest absolute Gasteiger partial charge is 0.461 e. The van der Waals surface area contributed by atoms with E-state index >= 15 is 0 Å². The van der Waals surface area contributed by atoms with Gasteiger partial charge in [-0.15, -0.1) is 0 Å². The molecule has 1 unspecified atom stereocenters. The predicted molar refractivity (Wildman–Crippen MR) is 75.6 cm³/mol. The molecule has 0 aromatic rings. The first-order valence-electron chi connectivity index (χ1n) is 7.65. The average Bonchev–Trinajstić information content (AvgIpc) is 2.71. The third kappa shape index (κ3) is 1.52. The van der Waals surface area contributed by atoms with Gasteiger partial charge in [0, 0.05) is 6.92 Å². The van der Waals surface area contributed by atoms with Crippen molar-refractivity contribution in [2.24, 2.45) is 22.2 Å². The minimum Gasteiger partial charge on any atom is -0.461 e.